The Bertz CT molecular complexity index is 913. The predicted molar refractivity (Wildman–Crippen MR) is 114 cm³/mol. The van der Waals surface area contributed by atoms with Crippen LogP contribution in [0.4, 0.5) is 0 Å². The van der Waals surface area contributed by atoms with Crippen LogP contribution in [0.15, 0.2) is 52.9 Å². The van der Waals surface area contributed by atoms with Crippen LogP contribution in [-0.2, 0) is 13.1 Å². The molecule has 1 fully saturated rings. The van der Waals surface area contributed by atoms with Crippen molar-refractivity contribution in [1.29, 1.82) is 0 Å². The minimum atomic E-state index is 0.560. The number of piperazine rings is 1. The van der Waals surface area contributed by atoms with E-state index in [0.717, 1.165) is 31.7 Å². The largest absolute Gasteiger partial charge is 0.415 e. The first-order chi connectivity index (χ1) is 14.1. The molecule has 0 saturated carbocycles. The molecule has 2 aromatic carbocycles. The van der Waals surface area contributed by atoms with Gasteiger partial charge in [-0.15, -0.1) is 10.2 Å². The zero-order valence-corrected chi connectivity index (χ0v) is 17.9. The first kappa shape index (κ1) is 20.1. The molecular weight excluding hydrogens is 384 g/mol. The molecule has 1 saturated heterocycles. The molecule has 5 nitrogen and oxygen atoms in total. The molecule has 0 unspecified atom stereocenters. The molecule has 2 heterocycles. The molecule has 152 valence electrons. The Labute approximate surface area is 177 Å². The second kappa shape index (κ2) is 9.08. The molecule has 29 heavy (non-hydrogen) atoms. The van der Waals surface area contributed by atoms with Gasteiger partial charge in [0, 0.05) is 16.1 Å². The highest BCUT2D eigenvalue weighted by Gasteiger charge is 2.25. The summed E-state index contributed by atoms with van der Waals surface area (Å²) in [6, 6.07) is 16.6. The van der Waals surface area contributed by atoms with Crippen molar-refractivity contribution < 1.29 is 14.2 Å². The molecule has 3 aromatic rings. The quantitative estimate of drug-likeness (QED) is 0.651. The van der Waals surface area contributed by atoms with Gasteiger partial charge in [-0.1, -0.05) is 49.7 Å². The standard InChI is InChI=1S/C23H27ClN4O/c1-17(2)19-5-3-18(4-6-19)15-27-11-13-28(14-12-27)16-22-25-26-23(29-22)20-7-9-21(24)10-8-20/h3-10,17H,11-16H2,1-2H3/p+2. The zero-order chi connectivity index (χ0) is 20.2. The Morgan fingerprint density at radius 1 is 0.862 bits per heavy atom. The Morgan fingerprint density at radius 2 is 1.48 bits per heavy atom. The number of benzene rings is 2. The summed E-state index contributed by atoms with van der Waals surface area (Å²) in [5.74, 6) is 1.86. The fourth-order valence-corrected chi connectivity index (χ4v) is 3.99. The lowest BCUT2D eigenvalue weighted by atomic mass is 10.0. The first-order valence-corrected chi connectivity index (χ1v) is 10.8. The maximum absolute atomic E-state index is 5.94. The van der Waals surface area contributed by atoms with Crippen LogP contribution >= 0.6 is 11.6 Å². The smallest absolute Gasteiger partial charge is 0.271 e. The molecule has 0 amide bonds. The summed E-state index contributed by atoms with van der Waals surface area (Å²) in [6.45, 7) is 11.0. The summed E-state index contributed by atoms with van der Waals surface area (Å²) in [4.78, 5) is 3.16. The van der Waals surface area contributed by atoms with Gasteiger partial charge in [-0.3, -0.25) is 0 Å². The van der Waals surface area contributed by atoms with E-state index < -0.39 is 0 Å². The van der Waals surface area contributed by atoms with Crippen molar-refractivity contribution in [3.63, 3.8) is 0 Å². The Balaban J connectivity index is 1.27. The molecule has 0 spiro atoms. The molecular formula is C23H29ClN4O+2. The minimum absolute atomic E-state index is 0.560. The molecule has 0 bridgehead atoms. The Morgan fingerprint density at radius 3 is 2.10 bits per heavy atom. The fraction of sp³-hybridized carbons (Fsp3) is 0.391. The van der Waals surface area contributed by atoms with Gasteiger partial charge in [-0.25, -0.2) is 0 Å². The van der Waals surface area contributed by atoms with Crippen molar-refractivity contribution >= 4 is 11.6 Å². The molecule has 2 N–H and O–H groups in total. The lowest BCUT2D eigenvalue weighted by Gasteiger charge is -2.29. The molecule has 1 aliphatic heterocycles. The van der Waals surface area contributed by atoms with E-state index in [2.05, 4.69) is 48.3 Å². The second-order valence-electron chi connectivity index (χ2n) is 8.26. The maximum atomic E-state index is 5.94. The summed E-state index contributed by atoms with van der Waals surface area (Å²) in [6.07, 6.45) is 0. The van der Waals surface area contributed by atoms with Gasteiger partial charge in [0.25, 0.3) is 5.89 Å². The highest BCUT2D eigenvalue weighted by atomic mass is 35.5. The van der Waals surface area contributed by atoms with Gasteiger partial charge >= 0.3 is 0 Å². The van der Waals surface area contributed by atoms with E-state index in [4.69, 9.17) is 16.0 Å². The summed E-state index contributed by atoms with van der Waals surface area (Å²) in [5.41, 5.74) is 3.74. The number of aromatic nitrogens is 2. The van der Waals surface area contributed by atoms with Crippen molar-refractivity contribution in [2.45, 2.75) is 32.9 Å². The van der Waals surface area contributed by atoms with Crippen LogP contribution in [-0.4, -0.2) is 36.4 Å². The molecule has 4 rings (SSSR count). The van der Waals surface area contributed by atoms with Gasteiger partial charge in [-0.05, 0) is 35.7 Å². The summed E-state index contributed by atoms with van der Waals surface area (Å²) in [5, 5.41) is 9.14. The van der Waals surface area contributed by atoms with Gasteiger partial charge in [0.05, 0.1) is 0 Å². The molecule has 0 atom stereocenters. The maximum Gasteiger partial charge on any atom is 0.271 e. The third-order valence-corrected chi connectivity index (χ3v) is 5.98. The van der Waals surface area contributed by atoms with Crippen LogP contribution < -0.4 is 9.80 Å². The summed E-state index contributed by atoms with van der Waals surface area (Å²) < 4.78 is 5.87. The van der Waals surface area contributed by atoms with Crippen molar-refractivity contribution in [3.8, 4) is 11.5 Å². The number of hydrogen-bond acceptors (Lipinski definition) is 3. The highest BCUT2D eigenvalue weighted by molar-refractivity contribution is 6.30. The number of rotatable bonds is 6. The van der Waals surface area contributed by atoms with E-state index in [1.807, 2.05) is 24.3 Å². The van der Waals surface area contributed by atoms with Crippen LogP contribution in [0.3, 0.4) is 0 Å². The summed E-state index contributed by atoms with van der Waals surface area (Å²) >= 11 is 5.94. The lowest BCUT2D eigenvalue weighted by molar-refractivity contribution is -1.02. The summed E-state index contributed by atoms with van der Waals surface area (Å²) in [7, 11) is 0. The van der Waals surface area contributed by atoms with E-state index >= 15 is 0 Å². The van der Waals surface area contributed by atoms with Crippen molar-refractivity contribution in [1.82, 2.24) is 10.2 Å². The van der Waals surface area contributed by atoms with Crippen LogP contribution in [0.1, 0.15) is 36.8 Å². The van der Waals surface area contributed by atoms with Crippen LogP contribution in [0.25, 0.3) is 11.5 Å². The monoisotopic (exact) mass is 412 g/mol. The van der Waals surface area contributed by atoms with E-state index in [1.54, 1.807) is 4.90 Å². The topological polar surface area (TPSA) is 47.8 Å². The molecule has 0 aliphatic carbocycles. The lowest BCUT2D eigenvalue weighted by Crippen LogP contribution is -3.27. The SMILES string of the molecule is CC(C)c1ccc(C[NH+]2CC[NH+](Cc3nnc(-c4ccc(Cl)cc4)o3)CC2)cc1. The fourth-order valence-electron chi connectivity index (χ4n) is 3.87. The zero-order valence-electron chi connectivity index (χ0n) is 17.1. The van der Waals surface area contributed by atoms with Gasteiger partial charge in [-0.2, -0.15) is 0 Å². The van der Waals surface area contributed by atoms with E-state index in [0.29, 0.717) is 22.7 Å². The second-order valence-corrected chi connectivity index (χ2v) is 8.69. The Hall–Kier alpha value is -2.21. The van der Waals surface area contributed by atoms with Gasteiger partial charge < -0.3 is 14.2 Å². The first-order valence-electron chi connectivity index (χ1n) is 10.4. The molecule has 0 radical (unpaired) electrons. The van der Waals surface area contributed by atoms with Crippen LogP contribution in [0, 0.1) is 0 Å². The van der Waals surface area contributed by atoms with Crippen LogP contribution in [0.2, 0.25) is 5.02 Å². The number of nitrogens with zero attached hydrogens (tertiary/aromatic N) is 2. The van der Waals surface area contributed by atoms with Crippen molar-refractivity contribution in [3.05, 3.63) is 70.6 Å². The average Bonchev–Trinajstić information content (AvgIpc) is 3.19. The third-order valence-electron chi connectivity index (χ3n) is 5.72. The Kier molecular flexibility index (Phi) is 6.28. The van der Waals surface area contributed by atoms with E-state index in [9.17, 15) is 0 Å². The average molecular weight is 413 g/mol. The highest BCUT2D eigenvalue weighted by Crippen LogP contribution is 2.20. The third kappa shape index (κ3) is 5.24. The normalized spacial score (nSPS) is 19.6. The number of nitrogens with one attached hydrogen (secondary N) is 2. The van der Waals surface area contributed by atoms with E-state index in [1.165, 1.54) is 29.1 Å². The number of hydrogen-bond donors (Lipinski definition) is 2. The molecule has 1 aliphatic rings. The minimum Gasteiger partial charge on any atom is -0.415 e. The van der Waals surface area contributed by atoms with Gasteiger partial charge in [0.1, 0.15) is 32.7 Å². The molecule has 1 aromatic heterocycles. The van der Waals surface area contributed by atoms with Gasteiger partial charge in [0.15, 0.2) is 6.54 Å². The number of quaternary nitrogens is 2. The van der Waals surface area contributed by atoms with Crippen LogP contribution in [0.5, 0.6) is 0 Å². The van der Waals surface area contributed by atoms with Crippen molar-refractivity contribution in [2.24, 2.45) is 0 Å². The molecule has 6 heteroatoms. The predicted octanol–water partition coefficient (Wildman–Crippen LogP) is 2.00. The van der Waals surface area contributed by atoms with Gasteiger partial charge in [0.2, 0.25) is 5.89 Å². The van der Waals surface area contributed by atoms with E-state index in [-0.39, 0.29) is 0 Å². The number of halogens is 1. The van der Waals surface area contributed by atoms with Crippen molar-refractivity contribution in [2.75, 3.05) is 26.2 Å².